The van der Waals surface area contributed by atoms with Gasteiger partial charge in [0, 0.05) is 13.1 Å². The number of rotatable bonds is 3. The van der Waals surface area contributed by atoms with E-state index < -0.39 is 20.9 Å². The maximum Gasteiger partial charge on any atom is 0.230 e. The van der Waals surface area contributed by atoms with E-state index in [9.17, 15) is 13.5 Å². The van der Waals surface area contributed by atoms with Crippen LogP contribution in [0.3, 0.4) is 0 Å². The molecule has 0 bridgehead atoms. The third-order valence-corrected chi connectivity index (χ3v) is 4.84. The topological polar surface area (TPSA) is 81.4 Å². The van der Waals surface area contributed by atoms with Gasteiger partial charge in [-0.2, -0.15) is 9.57 Å². The van der Waals surface area contributed by atoms with Crippen LogP contribution in [0.2, 0.25) is 0 Å². The third-order valence-electron chi connectivity index (χ3n) is 2.65. The molecule has 86 valence electrons. The van der Waals surface area contributed by atoms with E-state index >= 15 is 0 Å². The molecule has 0 amide bonds. The van der Waals surface area contributed by atoms with Gasteiger partial charge in [0.1, 0.15) is 0 Å². The molecule has 0 radical (unpaired) electrons. The fourth-order valence-corrected chi connectivity index (χ4v) is 3.39. The summed E-state index contributed by atoms with van der Waals surface area (Å²) >= 11 is 0. The van der Waals surface area contributed by atoms with E-state index in [1.807, 2.05) is 0 Å². The van der Waals surface area contributed by atoms with Crippen LogP contribution >= 0.6 is 0 Å². The van der Waals surface area contributed by atoms with Crippen molar-refractivity contribution < 1.29 is 13.5 Å². The minimum atomic E-state index is -3.56. The number of nitrogens with zero attached hydrogens (tertiary/aromatic N) is 2. The van der Waals surface area contributed by atoms with Crippen molar-refractivity contribution in [3.63, 3.8) is 0 Å². The quantitative estimate of drug-likeness (QED) is 0.747. The Hall–Kier alpha value is -0.640. The standard InChI is InChI=1S/C9H16N2O3S/c1-3-8(6-10)15(13,14)11-5-4-9(2,12)7-11/h8,12H,3-5,7H2,1-2H3. The minimum absolute atomic E-state index is 0.0908. The smallest absolute Gasteiger partial charge is 0.230 e. The molecule has 0 aromatic rings. The van der Waals surface area contributed by atoms with Crippen molar-refractivity contribution in [2.75, 3.05) is 13.1 Å². The summed E-state index contributed by atoms with van der Waals surface area (Å²) in [5.74, 6) is 0. The van der Waals surface area contributed by atoms with Crippen LogP contribution in [0.15, 0.2) is 0 Å². The van der Waals surface area contributed by atoms with Crippen LogP contribution in [0.1, 0.15) is 26.7 Å². The molecule has 0 aliphatic carbocycles. The Bertz CT molecular complexity index is 369. The second-order valence-electron chi connectivity index (χ2n) is 4.15. The molecule has 1 N–H and O–H groups in total. The van der Waals surface area contributed by atoms with Crippen LogP contribution in [-0.4, -0.2) is 41.8 Å². The summed E-state index contributed by atoms with van der Waals surface area (Å²) < 4.78 is 25.0. The molecule has 0 aromatic carbocycles. The van der Waals surface area contributed by atoms with Crippen molar-refractivity contribution in [2.24, 2.45) is 0 Å². The van der Waals surface area contributed by atoms with Gasteiger partial charge >= 0.3 is 0 Å². The molecule has 0 aromatic heterocycles. The van der Waals surface area contributed by atoms with Crippen molar-refractivity contribution in [2.45, 2.75) is 37.5 Å². The molecule has 2 unspecified atom stereocenters. The molecule has 1 saturated heterocycles. The maximum absolute atomic E-state index is 11.9. The number of β-amino-alcohol motifs (C(OH)–C–C–N with tert-alkyl or cyclic N) is 1. The molecule has 15 heavy (non-hydrogen) atoms. The predicted octanol–water partition coefficient (Wildman–Crippen LogP) is 0.0751. The Kier molecular flexibility index (Phi) is 3.38. The lowest BCUT2D eigenvalue weighted by molar-refractivity contribution is 0.0762. The van der Waals surface area contributed by atoms with Crippen molar-refractivity contribution in [1.82, 2.24) is 4.31 Å². The van der Waals surface area contributed by atoms with Crippen LogP contribution in [0.5, 0.6) is 0 Å². The van der Waals surface area contributed by atoms with E-state index in [4.69, 9.17) is 5.26 Å². The Morgan fingerprint density at radius 1 is 1.67 bits per heavy atom. The number of hydrogen-bond donors (Lipinski definition) is 1. The van der Waals surface area contributed by atoms with Gasteiger partial charge in [-0.05, 0) is 19.8 Å². The average molecular weight is 232 g/mol. The molecule has 6 heteroatoms. The zero-order valence-corrected chi connectivity index (χ0v) is 9.79. The highest BCUT2D eigenvalue weighted by molar-refractivity contribution is 7.90. The van der Waals surface area contributed by atoms with Gasteiger partial charge < -0.3 is 5.11 Å². The summed E-state index contributed by atoms with van der Waals surface area (Å²) in [6.07, 6.45) is 0.700. The first-order valence-electron chi connectivity index (χ1n) is 4.94. The number of aliphatic hydroxyl groups is 1. The highest BCUT2D eigenvalue weighted by Gasteiger charge is 2.40. The van der Waals surface area contributed by atoms with Gasteiger partial charge in [0.15, 0.2) is 5.25 Å². The first-order valence-corrected chi connectivity index (χ1v) is 6.45. The first-order chi connectivity index (χ1) is 6.83. The van der Waals surface area contributed by atoms with E-state index in [-0.39, 0.29) is 13.0 Å². The minimum Gasteiger partial charge on any atom is -0.389 e. The summed E-state index contributed by atoms with van der Waals surface area (Å²) in [4.78, 5) is 0. The summed E-state index contributed by atoms with van der Waals surface area (Å²) in [5, 5.41) is 17.4. The molecule has 0 saturated carbocycles. The van der Waals surface area contributed by atoms with Gasteiger partial charge in [0.25, 0.3) is 0 Å². The van der Waals surface area contributed by atoms with E-state index in [1.165, 1.54) is 4.31 Å². The maximum atomic E-state index is 11.9. The monoisotopic (exact) mass is 232 g/mol. The zero-order chi connectivity index (χ0) is 11.7. The summed E-state index contributed by atoms with van der Waals surface area (Å²) in [6.45, 7) is 3.66. The molecule has 2 atom stereocenters. The van der Waals surface area contributed by atoms with Crippen molar-refractivity contribution in [1.29, 1.82) is 5.26 Å². The fourth-order valence-electron chi connectivity index (χ4n) is 1.67. The van der Waals surface area contributed by atoms with Gasteiger partial charge in [0.2, 0.25) is 10.0 Å². The van der Waals surface area contributed by atoms with Gasteiger partial charge in [-0.1, -0.05) is 6.92 Å². The van der Waals surface area contributed by atoms with E-state index in [1.54, 1.807) is 19.9 Å². The van der Waals surface area contributed by atoms with Crippen molar-refractivity contribution in [3.05, 3.63) is 0 Å². The predicted molar refractivity (Wildman–Crippen MR) is 55.4 cm³/mol. The molecule has 0 spiro atoms. The Balaban J connectivity index is 2.86. The number of hydrogen-bond acceptors (Lipinski definition) is 4. The highest BCUT2D eigenvalue weighted by Crippen LogP contribution is 2.25. The Morgan fingerprint density at radius 3 is 2.60 bits per heavy atom. The number of sulfonamides is 1. The molecule has 1 fully saturated rings. The van der Waals surface area contributed by atoms with Gasteiger partial charge in [-0.3, -0.25) is 0 Å². The van der Waals surface area contributed by atoms with E-state index in [2.05, 4.69) is 0 Å². The van der Waals surface area contributed by atoms with Crippen molar-refractivity contribution in [3.8, 4) is 6.07 Å². The molecule has 1 aliphatic rings. The summed E-state index contributed by atoms with van der Waals surface area (Å²) in [6, 6.07) is 1.78. The largest absolute Gasteiger partial charge is 0.389 e. The molecule has 1 aliphatic heterocycles. The van der Waals surface area contributed by atoms with E-state index in [0.717, 1.165) is 0 Å². The third kappa shape index (κ3) is 2.48. The van der Waals surface area contributed by atoms with Crippen LogP contribution in [0.4, 0.5) is 0 Å². The van der Waals surface area contributed by atoms with Crippen LogP contribution in [-0.2, 0) is 10.0 Å². The Labute approximate surface area is 90.4 Å². The molecular formula is C9H16N2O3S. The molecule has 5 nitrogen and oxygen atoms in total. The lowest BCUT2D eigenvalue weighted by atomic mass is 10.1. The van der Waals surface area contributed by atoms with Crippen LogP contribution < -0.4 is 0 Å². The van der Waals surface area contributed by atoms with Crippen LogP contribution in [0, 0.1) is 11.3 Å². The lowest BCUT2D eigenvalue weighted by Gasteiger charge is -2.20. The fraction of sp³-hybridized carbons (Fsp3) is 0.889. The van der Waals surface area contributed by atoms with Crippen LogP contribution in [0.25, 0.3) is 0 Å². The van der Waals surface area contributed by atoms with Gasteiger partial charge in [-0.15, -0.1) is 0 Å². The average Bonchev–Trinajstić information content (AvgIpc) is 2.48. The second-order valence-corrected chi connectivity index (χ2v) is 6.27. The normalized spacial score (nSPS) is 30.0. The highest BCUT2D eigenvalue weighted by atomic mass is 32.2. The lowest BCUT2D eigenvalue weighted by Crippen LogP contribution is -2.39. The summed E-state index contributed by atoms with van der Waals surface area (Å²) in [7, 11) is -3.56. The van der Waals surface area contributed by atoms with Gasteiger partial charge in [0.05, 0.1) is 11.7 Å². The summed E-state index contributed by atoms with van der Waals surface area (Å²) in [5.41, 5.74) is -0.958. The Morgan fingerprint density at radius 2 is 2.27 bits per heavy atom. The SMILES string of the molecule is CCC(C#N)S(=O)(=O)N1CCC(C)(O)C1. The zero-order valence-electron chi connectivity index (χ0n) is 8.97. The molecular weight excluding hydrogens is 216 g/mol. The van der Waals surface area contributed by atoms with Crippen molar-refractivity contribution >= 4 is 10.0 Å². The molecule has 1 rings (SSSR count). The van der Waals surface area contributed by atoms with E-state index in [0.29, 0.717) is 13.0 Å². The molecule has 1 heterocycles. The first kappa shape index (κ1) is 12.4. The van der Waals surface area contributed by atoms with Gasteiger partial charge in [-0.25, -0.2) is 8.42 Å². The second kappa shape index (κ2) is 4.08. The number of nitriles is 1.